The summed E-state index contributed by atoms with van der Waals surface area (Å²) in [7, 11) is 0. The van der Waals surface area contributed by atoms with Gasteiger partial charge in [-0.2, -0.15) is 5.26 Å². The normalized spacial score (nSPS) is 24.5. The molecule has 1 N–H and O–H groups in total. The number of hydrogen-bond donors (Lipinski definition) is 1. The van der Waals surface area contributed by atoms with Gasteiger partial charge in [0.2, 0.25) is 5.91 Å². The van der Waals surface area contributed by atoms with Gasteiger partial charge >= 0.3 is 0 Å². The lowest BCUT2D eigenvalue weighted by Gasteiger charge is -2.47. The second-order valence-electron chi connectivity index (χ2n) is 8.20. The fourth-order valence-corrected chi connectivity index (χ4v) is 4.10. The molecule has 0 saturated heterocycles. The fraction of sp³-hybridized carbons (Fsp3) is 0.600. The summed E-state index contributed by atoms with van der Waals surface area (Å²) in [5.41, 5.74) is 1.62. The van der Waals surface area contributed by atoms with E-state index in [0.717, 1.165) is 24.9 Å². The number of carbonyl (C=O) groups is 1. The predicted molar refractivity (Wildman–Crippen MR) is 95.8 cm³/mol. The van der Waals surface area contributed by atoms with Crippen LogP contribution in [-0.2, 0) is 4.79 Å². The van der Waals surface area contributed by atoms with Gasteiger partial charge in [-0.1, -0.05) is 25.1 Å². The Morgan fingerprint density at radius 1 is 1.42 bits per heavy atom. The van der Waals surface area contributed by atoms with Crippen molar-refractivity contribution in [1.82, 2.24) is 5.32 Å². The third kappa shape index (κ3) is 3.00. The van der Waals surface area contributed by atoms with Gasteiger partial charge in [-0.3, -0.25) is 4.79 Å². The van der Waals surface area contributed by atoms with E-state index in [9.17, 15) is 10.1 Å². The average Bonchev–Trinajstić information content (AvgIpc) is 3.36. The number of para-hydroxylation sites is 1. The van der Waals surface area contributed by atoms with Crippen LogP contribution in [0.3, 0.4) is 0 Å². The fourth-order valence-electron chi connectivity index (χ4n) is 4.10. The number of anilines is 1. The summed E-state index contributed by atoms with van der Waals surface area (Å²) < 4.78 is 0. The predicted octanol–water partition coefficient (Wildman–Crippen LogP) is 3.59. The Balaban J connectivity index is 1.82. The maximum absolute atomic E-state index is 12.7. The molecule has 2 atom stereocenters. The highest BCUT2D eigenvalue weighted by atomic mass is 16.2. The molecule has 1 saturated carbocycles. The lowest BCUT2D eigenvalue weighted by atomic mass is 9.80. The first-order chi connectivity index (χ1) is 11.3. The monoisotopic (exact) mass is 325 g/mol. The number of benzene rings is 1. The van der Waals surface area contributed by atoms with Gasteiger partial charge in [0.1, 0.15) is 5.54 Å². The molecular formula is C20H27N3O. The molecule has 128 valence electrons. The molecule has 1 aromatic rings. The highest BCUT2D eigenvalue weighted by Gasteiger charge is 2.44. The summed E-state index contributed by atoms with van der Waals surface area (Å²) in [5.74, 6) is 0.711. The van der Waals surface area contributed by atoms with E-state index in [1.807, 2.05) is 13.0 Å². The molecule has 4 nitrogen and oxygen atoms in total. The van der Waals surface area contributed by atoms with Crippen LogP contribution >= 0.6 is 0 Å². The minimum Gasteiger partial charge on any atom is -0.357 e. The number of hydrogen-bond acceptors (Lipinski definition) is 3. The Bertz CT molecular complexity index is 686. The summed E-state index contributed by atoms with van der Waals surface area (Å²) >= 11 is 0. The quantitative estimate of drug-likeness (QED) is 0.920. The summed E-state index contributed by atoms with van der Waals surface area (Å²) in [6.45, 7) is 8.77. The van der Waals surface area contributed by atoms with Crippen LogP contribution in [-0.4, -0.2) is 23.5 Å². The van der Waals surface area contributed by atoms with Gasteiger partial charge < -0.3 is 10.2 Å². The molecule has 1 fully saturated rings. The van der Waals surface area contributed by atoms with Gasteiger partial charge in [0.25, 0.3) is 0 Å². The number of fused-ring (bicyclic) bond motifs is 1. The third-order valence-corrected chi connectivity index (χ3v) is 5.62. The van der Waals surface area contributed by atoms with Crippen molar-refractivity contribution in [3.05, 3.63) is 29.8 Å². The van der Waals surface area contributed by atoms with Gasteiger partial charge in [0, 0.05) is 11.2 Å². The summed E-state index contributed by atoms with van der Waals surface area (Å²) in [4.78, 5) is 14.9. The Hall–Kier alpha value is -2.02. The molecule has 1 aliphatic carbocycles. The second kappa shape index (κ2) is 5.81. The van der Waals surface area contributed by atoms with Crippen LogP contribution in [0.4, 0.5) is 5.69 Å². The maximum atomic E-state index is 12.7. The molecule has 1 aliphatic heterocycles. The molecule has 1 amide bonds. The molecule has 24 heavy (non-hydrogen) atoms. The highest BCUT2D eigenvalue weighted by Crippen LogP contribution is 2.43. The van der Waals surface area contributed by atoms with Crippen molar-refractivity contribution in [1.29, 1.82) is 5.26 Å². The van der Waals surface area contributed by atoms with Crippen LogP contribution in [0.5, 0.6) is 0 Å². The lowest BCUT2D eigenvalue weighted by Crippen LogP contribution is -2.55. The molecular weight excluding hydrogens is 298 g/mol. The van der Waals surface area contributed by atoms with E-state index < -0.39 is 5.54 Å². The van der Waals surface area contributed by atoms with E-state index in [-0.39, 0.29) is 11.4 Å². The second-order valence-corrected chi connectivity index (χ2v) is 8.20. The van der Waals surface area contributed by atoms with Crippen LogP contribution in [0.15, 0.2) is 24.3 Å². The van der Waals surface area contributed by atoms with E-state index in [4.69, 9.17) is 0 Å². The van der Waals surface area contributed by atoms with Crippen LogP contribution in [0.1, 0.15) is 58.4 Å². The van der Waals surface area contributed by atoms with Crippen molar-refractivity contribution in [2.24, 2.45) is 5.92 Å². The van der Waals surface area contributed by atoms with Gasteiger partial charge in [0.15, 0.2) is 0 Å². The molecule has 0 spiro atoms. The van der Waals surface area contributed by atoms with Gasteiger partial charge in [-0.25, -0.2) is 0 Å². The van der Waals surface area contributed by atoms with Crippen LogP contribution in [0, 0.1) is 17.2 Å². The first kappa shape index (κ1) is 16.8. The SMILES string of the molecule is C[C@H]1CC(C)(C)N(CC(=O)N[C@](C)(C#N)C2CC2)c2ccccc21. The Labute approximate surface area is 144 Å². The van der Waals surface area contributed by atoms with Crippen molar-refractivity contribution in [3.8, 4) is 6.07 Å². The molecule has 0 aromatic heterocycles. The molecule has 0 bridgehead atoms. The number of nitrogens with one attached hydrogen (secondary N) is 1. The zero-order valence-electron chi connectivity index (χ0n) is 15.1. The van der Waals surface area contributed by atoms with E-state index in [0.29, 0.717) is 18.4 Å². The van der Waals surface area contributed by atoms with Crippen molar-refractivity contribution in [3.63, 3.8) is 0 Å². The van der Waals surface area contributed by atoms with Crippen LogP contribution < -0.4 is 10.2 Å². The molecule has 0 radical (unpaired) electrons. The molecule has 1 heterocycles. The van der Waals surface area contributed by atoms with E-state index in [1.54, 1.807) is 0 Å². The van der Waals surface area contributed by atoms with E-state index in [2.05, 4.69) is 55.3 Å². The largest absolute Gasteiger partial charge is 0.357 e. The zero-order chi connectivity index (χ0) is 17.5. The number of nitrogens with zero attached hydrogens (tertiary/aromatic N) is 2. The van der Waals surface area contributed by atoms with Crippen LogP contribution in [0.25, 0.3) is 0 Å². The van der Waals surface area contributed by atoms with E-state index in [1.165, 1.54) is 5.56 Å². The van der Waals surface area contributed by atoms with Crippen molar-refractivity contribution in [2.75, 3.05) is 11.4 Å². The highest BCUT2D eigenvalue weighted by molar-refractivity contribution is 5.83. The first-order valence-electron chi connectivity index (χ1n) is 8.86. The maximum Gasteiger partial charge on any atom is 0.240 e. The standard InChI is InChI=1S/C20H27N3O/c1-14-11-19(2,3)23(17-8-6-5-7-16(14)17)12-18(24)22-20(4,13-21)15-9-10-15/h5-8,14-15H,9-12H2,1-4H3,(H,22,24)/t14-,20+/m0/s1. The van der Waals surface area contributed by atoms with Crippen LogP contribution in [0.2, 0.25) is 0 Å². The summed E-state index contributed by atoms with van der Waals surface area (Å²) in [5, 5.41) is 12.5. The molecule has 1 aromatic carbocycles. The molecule has 0 unspecified atom stereocenters. The molecule has 2 aliphatic rings. The third-order valence-electron chi connectivity index (χ3n) is 5.62. The number of rotatable bonds is 4. The van der Waals surface area contributed by atoms with Gasteiger partial charge in [0.05, 0.1) is 12.6 Å². The Morgan fingerprint density at radius 2 is 2.08 bits per heavy atom. The number of amides is 1. The molecule has 3 rings (SSSR count). The minimum absolute atomic E-state index is 0.0663. The smallest absolute Gasteiger partial charge is 0.240 e. The first-order valence-corrected chi connectivity index (χ1v) is 8.86. The Morgan fingerprint density at radius 3 is 2.71 bits per heavy atom. The van der Waals surface area contributed by atoms with Crippen molar-refractivity contribution < 1.29 is 4.79 Å². The molecule has 4 heteroatoms. The van der Waals surface area contributed by atoms with Gasteiger partial charge in [-0.05, 0) is 63.5 Å². The summed E-state index contributed by atoms with van der Waals surface area (Å²) in [6, 6.07) is 10.7. The number of nitriles is 1. The van der Waals surface area contributed by atoms with Crippen molar-refractivity contribution in [2.45, 2.75) is 64.0 Å². The summed E-state index contributed by atoms with van der Waals surface area (Å²) in [6.07, 6.45) is 3.06. The zero-order valence-corrected chi connectivity index (χ0v) is 15.1. The van der Waals surface area contributed by atoms with Gasteiger partial charge in [-0.15, -0.1) is 0 Å². The minimum atomic E-state index is -0.732. The topological polar surface area (TPSA) is 56.1 Å². The van der Waals surface area contributed by atoms with Crippen molar-refractivity contribution >= 4 is 11.6 Å². The lowest BCUT2D eigenvalue weighted by molar-refractivity contribution is -0.121. The Kier molecular flexibility index (Phi) is 4.07. The average molecular weight is 325 g/mol. The van der Waals surface area contributed by atoms with E-state index >= 15 is 0 Å². The number of carbonyl (C=O) groups excluding carboxylic acids is 1.